The molecule has 29 heavy (non-hydrogen) atoms. The van der Waals surface area contributed by atoms with Crippen LogP contribution in [0.25, 0.3) is 0 Å². The third kappa shape index (κ3) is 5.15. The topological polar surface area (TPSA) is 121 Å². The molecule has 0 radical (unpaired) electrons. The number of carbonyl (C=O) groups excluding carboxylic acids is 1. The van der Waals surface area contributed by atoms with Crippen molar-refractivity contribution in [2.45, 2.75) is 44.8 Å². The van der Waals surface area contributed by atoms with Gasteiger partial charge in [-0.15, -0.1) is 4.99 Å². The summed E-state index contributed by atoms with van der Waals surface area (Å²) in [6.07, 6.45) is 4.68. The third-order valence-electron chi connectivity index (χ3n) is 5.58. The SMILES string of the molecule is N#Cc1ccc(COC(=O)N=C(N)N)c(F)c1N1CCC(N2CCCCC2)CC1. The van der Waals surface area contributed by atoms with Crippen molar-refractivity contribution in [1.29, 1.82) is 5.26 Å². The molecule has 0 saturated carbocycles. The molecule has 4 N–H and O–H groups in total. The predicted octanol–water partition coefficient (Wildman–Crippen LogP) is 2.06. The number of benzene rings is 1. The van der Waals surface area contributed by atoms with Gasteiger partial charge in [0.2, 0.25) is 0 Å². The van der Waals surface area contributed by atoms with E-state index in [1.54, 1.807) is 6.07 Å². The van der Waals surface area contributed by atoms with Gasteiger partial charge < -0.3 is 26.0 Å². The van der Waals surface area contributed by atoms with Crippen molar-refractivity contribution in [3.05, 3.63) is 29.1 Å². The molecule has 1 aromatic rings. The zero-order valence-electron chi connectivity index (χ0n) is 16.4. The minimum atomic E-state index is -0.988. The summed E-state index contributed by atoms with van der Waals surface area (Å²) in [5.41, 5.74) is 11.0. The number of likely N-dealkylation sites (tertiary alicyclic amines) is 1. The number of amides is 1. The van der Waals surface area contributed by atoms with Crippen LogP contribution in [0.5, 0.6) is 0 Å². The highest BCUT2D eigenvalue weighted by Crippen LogP contribution is 2.31. The Labute approximate surface area is 169 Å². The first-order chi connectivity index (χ1) is 14.0. The fourth-order valence-electron chi connectivity index (χ4n) is 4.13. The quantitative estimate of drug-likeness (QED) is 0.584. The Bertz CT molecular complexity index is 804. The maximum absolute atomic E-state index is 15.2. The molecule has 0 spiro atoms. The molecule has 0 unspecified atom stereocenters. The summed E-state index contributed by atoms with van der Waals surface area (Å²) in [6, 6.07) is 5.59. The summed E-state index contributed by atoms with van der Waals surface area (Å²) in [7, 11) is 0. The summed E-state index contributed by atoms with van der Waals surface area (Å²) in [4.78, 5) is 19.2. The summed E-state index contributed by atoms with van der Waals surface area (Å²) in [6.45, 7) is 3.33. The van der Waals surface area contributed by atoms with Crippen LogP contribution in [0.2, 0.25) is 0 Å². The lowest BCUT2D eigenvalue weighted by atomic mass is 9.98. The Morgan fingerprint density at radius 1 is 1.21 bits per heavy atom. The van der Waals surface area contributed by atoms with Crippen LogP contribution in [0, 0.1) is 17.1 Å². The Balaban J connectivity index is 1.70. The number of carbonyl (C=O) groups is 1. The van der Waals surface area contributed by atoms with E-state index in [0.29, 0.717) is 19.1 Å². The van der Waals surface area contributed by atoms with E-state index in [0.717, 1.165) is 25.9 Å². The third-order valence-corrected chi connectivity index (χ3v) is 5.58. The molecule has 2 fully saturated rings. The fourth-order valence-corrected chi connectivity index (χ4v) is 4.13. The fraction of sp³-hybridized carbons (Fsp3) is 0.550. The zero-order chi connectivity index (χ0) is 20.8. The average Bonchev–Trinajstić information content (AvgIpc) is 2.73. The Hall–Kier alpha value is -2.86. The first-order valence-corrected chi connectivity index (χ1v) is 9.96. The highest BCUT2D eigenvalue weighted by Gasteiger charge is 2.28. The zero-order valence-corrected chi connectivity index (χ0v) is 16.4. The maximum atomic E-state index is 15.2. The van der Waals surface area contributed by atoms with Crippen molar-refractivity contribution in [1.82, 2.24) is 4.90 Å². The van der Waals surface area contributed by atoms with E-state index in [9.17, 15) is 10.1 Å². The number of ether oxygens (including phenoxy) is 1. The van der Waals surface area contributed by atoms with E-state index >= 15 is 4.39 Å². The van der Waals surface area contributed by atoms with Gasteiger partial charge in [-0.3, -0.25) is 0 Å². The second-order valence-electron chi connectivity index (χ2n) is 7.45. The van der Waals surface area contributed by atoms with Crippen LogP contribution in [0.4, 0.5) is 14.9 Å². The lowest BCUT2D eigenvalue weighted by Crippen LogP contribution is -2.47. The number of anilines is 1. The monoisotopic (exact) mass is 402 g/mol. The molecule has 0 atom stereocenters. The van der Waals surface area contributed by atoms with Gasteiger partial charge in [0.05, 0.1) is 11.3 Å². The van der Waals surface area contributed by atoms with Crippen LogP contribution in [0.15, 0.2) is 17.1 Å². The largest absolute Gasteiger partial charge is 0.443 e. The van der Waals surface area contributed by atoms with Crippen LogP contribution in [-0.4, -0.2) is 49.2 Å². The number of halogens is 1. The first kappa shape index (κ1) is 20.9. The summed E-state index contributed by atoms with van der Waals surface area (Å²) in [5.74, 6) is -0.967. The predicted molar refractivity (Wildman–Crippen MR) is 108 cm³/mol. The normalized spacial score (nSPS) is 18.1. The molecule has 0 bridgehead atoms. The number of piperidine rings is 2. The minimum absolute atomic E-state index is 0.177. The molecule has 2 saturated heterocycles. The molecule has 1 aromatic carbocycles. The average molecular weight is 402 g/mol. The molecule has 156 valence electrons. The number of nitrogens with two attached hydrogens (primary N) is 2. The molecule has 0 aliphatic carbocycles. The molecule has 3 rings (SSSR count). The summed E-state index contributed by atoms with van der Waals surface area (Å²) >= 11 is 0. The number of hydrogen-bond donors (Lipinski definition) is 2. The van der Waals surface area contributed by atoms with Crippen molar-refractivity contribution >= 4 is 17.7 Å². The molecule has 0 aromatic heterocycles. The number of aliphatic imine (C=N–C) groups is 1. The van der Waals surface area contributed by atoms with Crippen LogP contribution in [0.1, 0.15) is 43.2 Å². The van der Waals surface area contributed by atoms with Gasteiger partial charge >= 0.3 is 6.09 Å². The van der Waals surface area contributed by atoms with E-state index in [-0.39, 0.29) is 23.4 Å². The van der Waals surface area contributed by atoms with Crippen molar-refractivity contribution in [2.24, 2.45) is 16.5 Å². The molecule has 8 nitrogen and oxygen atoms in total. The van der Waals surface area contributed by atoms with Crippen LogP contribution >= 0.6 is 0 Å². The van der Waals surface area contributed by atoms with E-state index < -0.39 is 17.9 Å². The smallest absolute Gasteiger partial charge is 0.437 e. The van der Waals surface area contributed by atoms with E-state index in [1.807, 2.05) is 4.90 Å². The van der Waals surface area contributed by atoms with Crippen LogP contribution < -0.4 is 16.4 Å². The minimum Gasteiger partial charge on any atom is -0.443 e. The van der Waals surface area contributed by atoms with Gasteiger partial charge in [0.1, 0.15) is 12.7 Å². The number of nitriles is 1. The lowest BCUT2D eigenvalue weighted by molar-refractivity contribution is 0.141. The van der Waals surface area contributed by atoms with E-state index in [1.165, 1.54) is 25.3 Å². The van der Waals surface area contributed by atoms with Gasteiger partial charge in [0, 0.05) is 24.7 Å². The second kappa shape index (κ2) is 9.56. The van der Waals surface area contributed by atoms with E-state index in [4.69, 9.17) is 16.2 Å². The molecule has 2 aliphatic heterocycles. The van der Waals surface area contributed by atoms with Crippen molar-refractivity contribution in [2.75, 3.05) is 31.1 Å². The van der Waals surface area contributed by atoms with Gasteiger partial charge in [0.25, 0.3) is 0 Å². The Morgan fingerprint density at radius 2 is 1.90 bits per heavy atom. The molecule has 2 aliphatic rings. The van der Waals surface area contributed by atoms with Gasteiger partial charge in [0.15, 0.2) is 11.8 Å². The number of guanidine groups is 1. The summed E-state index contributed by atoms with van der Waals surface area (Å²) < 4.78 is 20.1. The van der Waals surface area contributed by atoms with Crippen molar-refractivity contribution in [3.63, 3.8) is 0 Å². The van der Waals surface area contributed by atoms with Gasteiger partial charge in [-0.2, -0.15) is 5.26 Å². The number of rotatable bonds is 4. The standard InChI is InChI=1S/C20H27FN6O2/c21-17-15(13-29-20(28)25-19(23)24)5-4-14(12-22)18(17)27-10-6-16(7-11-27)26-8-2-1-3-9-26/h4-5,16H,1-3,6-11,13H2,(H4,23,24,25,28). The van der Waals surface area contributed by atoms with Gasteiger partial charge in [-0.25, -0.2) is 9.18 Å². The molecular weight excluding hydrogens is 375 g/mol. The van der Waals surface area contributed by atoms with Crippen LogP contribution in [0.3, 0.4) is 0 Å². The second-order valence-corrected chi connectivity index (χ2v) is 7.45. The highest BCUT2D eigenvalue weighted by atomic mass is 19.1. The number of hydrogen-bond acceptors (Lipinski definition) is 5. The first-order valence-electron chi connectivity index (χ1n) is 9.96. The highest BCUT2D eigenvalue weighted by molar-refractivity contribution is 5.87. The Kier molecular flexibility index (Phi) is 6.88. The van der Waals surface area contributed by atoms with Gasteiger partial charge in [-0.1, -0.05) is 12.5 Å². The molecular formula is C20H27FN6O2. The molecule has 1 amide bonds. The lowest BCUT2D eigenvalue weighted by Gasteiger charge is -2.41. The Morgan fingerprint density at radius 3 is 2.52 bits per heavy atom. The summed E-state index contributed by atoms with van der Waals surface area (Å²) in [5, 5.41) is 9.46. The van der Waals surface area contributed by atoms with E-state index in [2.05, 4.69) is 16.0 Å². The number of nitrogens with zero attached hydrogens (tertiary/aromatic N) is 4. The molecule has 9 heteroatoms. The maximum Gasteiger partial charge on any atom is 0.437 e. The molecule has 2 heterocycles. The van der Waals surface area contributed by atoms with Crippen molar-refractivity contribution < 1.29 is 13.9 Å². The van der Waals surface area contributed by atoms with Crippen molar-refractivity contribution in [3.8, 4) is 6.07 Å². The van der Waals surface area contributed by atoms with Gasteiger partial charge in [-0.05, 0) is 44.8 Å². The van der Waals surface area contributed by atoms with Crippen LogP contribution in [-0.2, 0) is 11.3 Å².